The van der Waals surface area contributed by atoms with Crippen molar-refractivity contribution in [1.29, 1.82) is 0 Å². The van der Waals surface area contributed by atoms with Gasteiger partial charge in [0.05, 0.1) is 6.61 Å². The molecule has 0 aromatic heterocycles. The van der Waals surface area contributed by atoms with Gasteiger partial charge in [-0.25, -0.2) is 4.39 Å². The lowest BCUT2D eigenvalue weighted by Gasteiger charge is -2.26. The molecule has 1 fully saturated rings. The van der Waals surface area contributed by atoms with E-state index in [1.54, 1.807) is 12.1 Å². The van der Waals surface area contributed by atoms with Crippen molar-refractivity contribution in [2.24, 2.45) is 0 Å². The monoisotopic (exact) mass is 196 g/mol. The number of rotatable bonds is 1. The average Bonchev–Trinajstić information content (AvgIpc) is 2.19. The number of hydrogen-bond donors (Lipinski definition) is 1. The van der Waals surface area contributed by atoms with Crippen molar-refractivity contribution in [3.8, 4) is 0 Å². The van der Waals surface area contributed by atoms with Crippen LogP contribution in [-0.4, -0.2) is 18.0 Å². The predicted octanol–water partition coefficient (Wildman–Crippen LogP) is 2.04. The molecular weight excluding hydrogens is 183 g/mol. The molecule has 2 unspecified atom stereocenters. The number of ether oxygens (including phenoxy) is 1. The molecule has 1 aromatic carbocycles. The SMILES string of the molecule is OC1CC(c2ccc(F)cc2)CCO1. The van der Waals surface area contributed by atoms with Crippen LogP contribution >= 0.6 is 0 Å². The summed E-state index contributed by atoms with van der Waals surface area (Å²) in [4.78, 5) is 0. The molecular formula is C11H13FO2. The van der Waals surface area contributed by atoms with Crippen molar-refractivity contribution in [3.63, 3.8) is 0 Å². The van der Waals surface area contributed by atoms with Gasteiger partial charge in [-0.2, -0.15) is 0 Å². The number of benzene rings is 1. The highest BCUT2D eigenvalue weighted by Crippen LogP contribution is 2.29. The smallest absolute Gasteiger partial charge is 0.155 e. The Balaban J connectivity index is 2.10. The van der Waals surface area contributed by atoms with Gasteiger partial charge in [-0.15, -0.1) is 0 Å². The Labute approximate surface area is 82.3 Å². The minimum atomic E-state index is -0.668. The molecule has 76 valence electrons. The highest BCUT2D eigenvalue weighted by Gasteiger charge is 2.21. The molecule has 2 atom stereocenters. The van der Waals surface area contributed by atoms with Crippen LogP contribution in [0.1, 0.15) is 24.3 Å². The third-order valence-corrected chi connectivity index (χ3v) is 2.60. The fourth-order valence-electron chi connectivity index (χ4n) is 1.81. The van der Waals surface area contributed by atoms with Gasteiger partial charge in [-0.05, 0) is 30.0 Å². The van der Waals surface area contributed by atoms with Crippen LogP contribution in [0.3, 0.4) is 0 Å². The number of aliphatic hydroxyl groups is 1. The van der Waals surface area contributed by atoms with Gasteiger partial charge in [0.15, 0.2) is 6.29 Å². The third kappa shape index (κ3) is 2.11. The van der Waals surface area contributed by atoms with E-state index in [-0.39, 0.29) is 5.82 Å². The van der Waals surface area contributed by atoms with Gasteiger partial charge in [0.1, 0.15) is 5.82 Å². The molecule has 2 rings (SSSR count). The second-order valence-electron chi connectivity index (χ2n) is 3.60. The van der Waals surface area contributed by atoms with Crippen molar-refractivity contribution in [2.45, 2.75) is 25.0 Å². The zero-order valence-corrected chi connectivity index (χ0v) is 7.82. The van der Waals surface area contributed by atoms with Crippen LogP contribution in [0.15, 0.2) is 24.3 Å². The summed E-state index contributed by atoms with van der Waals surface area (Å²) in [6, 6.07) is 6.46. The molecule has 0 saturated carbocycles. The quantitative estimate of drug-likeness (QED) is 0.744. The van der Waals surface area contributed by atoms with Crippen molar-refractivity contribution in [3.05, 3.63) is 35.6 Å². The molecule has 1 saturated heterocycles. The molecule has 3 heteroatoms. The molecule has 0 bridgehead atoms. The van der Waals surface area contributed by atoms with Crippen LogP contribution in [-0.2, 0) is 4.74 Å². The Bertz CT molecular complexity index is 297. The predicted molar refractivity (Wildman–Crippen MR) is 50.3 cm³/mol. The number of hydrogen-bond acceptors (Lipinski definition) is 2. The summed E-state index contributed by atoms with van der Waals surface area (Å²) in [5.41, 5.74) is 1.08. The van der Waals surface area contributed by atoms with Crippen LogP contribution in [0.25, 0.3) is 0 Å². The topological polar surface area (TPSA) is 29.5 Å². The standard InChI is InChI=1S/C11H13FO2/c12-10-3-1-8(2-4-10)9-5-6-14-11(13)7-9/h1-4,9,11,13H,5-7H2. The zero-order valence-electron chi connectivity index (χ0n) is 7.82. The lowest BCUT2D eigenvalue weighted by atomic mass is 9.91. The summed E-state index contributed by atoms with van der Waals surface area (Å²) in [5, 5.41) is 9.30. The Morgan fingerprint density at radius 1 is 1.29 bits per heavy atom. The normalized spacial score (nSPS) is 27.6. The van der Waals surface area contributed by atoms with Gasteiger partial charge in [0.2, 0.25) is 0 Å². The van der Waals surface area contributed by atoms with E-state index in [4.69, 9.17) is 4.74 Å². The van der Waals surface area contributed by atoms with Gasteiger partial charge in [0.25, 0.3) is 0 Å². The minimum Gasteiger partial charge on any atom is -0.368 e. The number of aliphatic hydroxyl groups excluding tert-OH is 1. The molecule has 0 aliphatic carbocycles. The first-order chi connectivity index (χ1) is 6.75. The maximum absolute atomic E-state index is 12.7. The van der Waals surface area contributed by atoms with E-state index < -0.39 is 6.29 Å². The van der Waals surface area contributed by atoms with Gasteiger partial charge >= 0.3 is 0 Å². The van der Waals surface area contributed by atoms with E-state index in [1.165, 1.54) is 12.1 Å². The first-order valence-corrected chi connectivity index (χ1v) is 4.81. The largest absolute Gasteiger partial charge is 0.368 e. The second kappa shape index (κ2) is 4.07. The molecule has 0 spiro atoms. The third-order valence-electron chi connectivity index (χ3n) is 2.60. The van der Waals surface area contributed by atoms with Crippen molar-refractivity contribution < 1.29 is 14.2 Å². The van der Waals surface area contributed by atoms with E-state index in [2.05, 4.69) is 0 Å². The molecule has 2 nitrogen and oxygen atoms in total. The summed E-state index contributed by atoms with van der Waals surface area (Å²) >= 11 is 0. The van der Waals surface area contributed by atoms with Crippen molar-refractivity contribution >= 4 is 0 Å². The highest BCUT2D eigenvalue weighted by atomic mass is 19.1. The van der Waals surface area contributed by atoms with Crippen LogP contribution in [0.5, 0.6) is 0 Å². The van der Waals surface area contributed by atoms with E-state index in [0.29, 0.717) is 18.9 Å². The maximum Gasteiger partial charge on any atom is 0.155 e. The summed E-state index contributed by atoms with van der Waals surface area (Å²) in [6.45, 7) is 0.573. The van der Waals surface area contributed by atoms with Gasteiger partial charge < -0.3 is 9.84 Å². The fraction of sp³-hybridized carbons (Fsp3) is 0.455. The van der Waals surface area contributed by atoms with E-state index >= 15 is 0 Å². The minimum absolute atomic E-state index is 0.221. The lowest BCUT2D eigenvalue weighted by molar-refractivity contribution is -0.129. The van der Waals surface area contributed by atoms with E-state index in [1.807, 2.05) is 0 Å². The summed E-state index contributed by atoms with van der Waals surface area (Å²) in [5.74, 6) is 0.0701. The molecule has 0 amide bonds. The molecule has 1 aliphatic rings. The van der Waals surface area contributed by atoms with E-state index in [0.717, 1.165) is 12.0 Å². The number of halogens is 1. The molecule has 14 heavy (non-hydrogen) atoms. The van der Waals surface area contributed by atoms with Gasteiger partial charge in [-0.3, -0.25) is 0 Å². The Kier molecular flexibility index (Phi) is 2.79. The van der Waals surface area contributed by atoms with Crippen LogP contribution < -0.4 is 0 Å². The average molecular weight is 196 g/mol. The summed E-state index contributed by atoms with van der Waals surface area (Å²) < 4.78 is 17.7. The summed E-state index contributed by atoms with van der Waals surface area (Å²) in [6.07, 6.45) is 0.827. The first kappa shape index (κ1) is 9.62. The first-order valence-electron chi connectivity index (χ1n) is 4.81. The van der Waals surface area contributed by atoms with Gasteiger partial charge in [-0.1, -0.05) is 12.1 Å². The Morgan fingerprint density at radius 2 is 2.00 bits per heavy atom. The van der Waals surface area contributed by atoms with Gasteiger partial charge in [0, 0.05) is 6.42 Å². The zero-order chi connectivity index (χ0) is 9.97. The van der Waals surface area contributed by atoms with Crippen molar-refractivity contribution in [2.75, 3.05) is 6.61 Å². The molecule has 1 heterocycles. The molecule has 1 aromatic rings. The maximum atomic E-state index is 12.7. The lowest BCUT2D eigenvalue weighted by Crippen LogP contribution is -2.23. The highest BCUT2D eigenvalue weighted by molar-refractivity contribution is 5.20. The summed E-state index contributed by atoms with van der Waals surface area (Å²) in [7, 11) is 0. The molecule has 1 N–H and O–H groups in total. The molecule has 0 radical (unpaired) electrons. The van der Waals surface area contributed by atoms with E-state index in [9.17, 15) is 9.50 Å². The van der Waals surface area contributed by atoms with Crippen LogP contribution in [0.4, 0.5) is 4.39 Å². The molecule has 1 aliphatic heterocycles. The fourth-order valence-corrected chi connectivity index (χ4v) is 1.81. The second-order valence-corrected chi connectivity index (χ2v) is 3.60. The Morgan fingerprint density at radius 3 is 2.64 bits per heavy atom. The Hall–Kier alpha value is -0.930. The van der Waals surface area contributed by atoms with Crippen LogP contribution in [0, 0.1) is 5.82 Å². The van der Waals surface area contributed by atoms with Crippen molar-refractivity contribution in [1.82, 2.24) is 0 Å². The van der Waals surface area contributed by atoms with Crippen LogP contribution in [0.2, 0.25) is 0 Å².